The molecule has 0 aliphatic carbocycles. The van der Waals surface area contributed by atoms with Gasteiger partial charge in [-0.2, -0.15) is 5.26 Å². The molecule has 2 aromatic rings. The van der Waals surface area contributed by atoms with Gasteiger partial charge in [0, 0.05) is 35.6 Å². The Morgan fingerprint density at radius 1 is 1.22 bits per heavy atom. The van der Waals surface area contributed by atoms with E-state index in [9.17, 15) is 4.79 Å². The van der Waals surface area contributed by atoms with Gasteiger partial charge in [0.25, 0.3) is 0 Å². The van der Waals surface area contributed by atoms with Crippen molar-refractivity contribution < 1.29 is 14.7 Å². The van der Waals surface area contributed by atoms with Gasteiger partial charge in [0.1, 0.15) is 12.3 Å². The predicted molar refractivity (Wildman–Crippen MR) is 123 cm³/mol. The number of rotatable bonds is 9. The molecule has 0 bridgehead atoms. The molecule has 1 aromatic carbocycles. The summed E-state index contributed by atoms with van der Waals surface area (Å²) >= 11 is 0. The third-order valence-corrected chi connectivity index (χ3v) is 3.99. The molecule has 0 aliphatic rings. The number of nitrogens with one attached hydrogen (secondary N) is 2. The van der Waals surface area contributed by atoms with E-state index in [0.717, 1.165) is 11.1 Å². The second-order valence-electron chi connectivity index (χ2n) is 7.94. The number of unbranched alkanes of at least 4 members (excludes halogenated alkanes) is 1. The van der Waals surface area contributed by atoms with Crippen LogP contribution in [0.5, 0.6) is 0 Å². The van der Waals surface area contributed by atoms with E-state index in [2.05, 4.69) is 25.8 Å². The Kier molecular flexibility index (Phi) is 9.17. The van der Waals surface area contributed by atoms with Crippen molar-refractivity contribution in [3.05, 3.63) is 59.9 Å². The van der Waals surface area contributed by atoms with Gasteiger partial charge in [-0.1, -0.05) is 17.3 Å². The fourth-order valence-corrected chi connectivity index (χ4v) is 2.68. The van der Waals surface area contributed by atoms with Crippen molar-refractivity contribution in [3.63, 3.8) is 0 Å². The first kappa shape index (κ1) is 24.3. The van der Waals surface area contributed by atoms with Crippen molar-refractivity contribution in [3.8, 4) is 6.19 Å². The van der Waals surface area contributed by atoms with Gasteiger partial charge in [0.05, 0.1) is 5.54 Å². The smallest absolute Gasteiger partial charge is 0.303 e. The topological polar surface area (TPSA) is 132 Å². The molecule has 3 N–H and O–H groups in total. The lowest BCUT2D eigenvalue weighted by atomic mass is 10.0. The zero-order chi connectivity index (χ0) is 23.4. The number of anilines is 1. The summed E-state index contributed by atoms with van der Waals surface area (Å²) < 4.78 is 0. The van der Waals surface area contributed by atoms with Gasteiger partial charge < -0.3 is 15.3 Å². The van der Waals surface area contributed by atoms with Crippen LogP contribution in [-0.4, -0.2) is 39.9 Å². The lowest BCUT2D eigenvalue weighted by molar-refractivity contribution is -0.137. The van der Waals surface area contributed by atoms with Crippen molar-refractivity contribution in [2.45, 2.75) is 45.6 Å². The second kappa shape index (κ2) is 12.1. The average Bonchev–Trinajstić information content (AvgIpc) is 2.73. The first-order valence-corrected chi connectivity index (χ1v) is 10.2. The molecule has 0 amide bonds. The van der Waals surface area contributed by atoms with Crippen LogP contribution in [0.25, 0.3) is 0 Å². The van der Waals surface area contributed by atoms with Crippen molar-refractivity contribution >= 4 is 23.3 Å². The molecule has 0 fully saturated rings. The molecule has 0 atom stereocenters. The van der Waals surface area contributed by atoms with E-state index in [1.807, 2.05) is 63.4 Å². The Bertz CT molecular complexity index is 991. The minimum atomic E-state index is -0.825. The molecule has 0 aliphatic heterocycles. The molecule has 9 heteroatoms. The number of nitrogens with zero attached hydrogens (tertiary/aromatic N) is 4. The predicted octanol–water partition coefficient (Wildman–Crippen LogP) is 3.74. The maximum Gasteiger partial charge on any atom is 0.303 e. The Balaban J connectivity index is 2.25. The summed E-state index contributed by atoms with van der Waals surface area (Å²) in [6.07, 6.45) is 6.47. The number of aromatic nitrogens is 1. The number of carboxylic acids is 1. The highest BCUT2D eigenvalue weighted by atomic mass is 16.6. The number of guanidine groups is 1. The maximum absolute atomic E-state index is 10.6. The van der Waals surface area contributed by atoms with Crippen LogP contribution in [0, 0.1) is 11.5 Å². The summed E-state index contributed by atoms with van der Waals surface area (Å²) in [6.45, 7) is 6.12. The van der Waals surface area contributed by atoms with Crippen LogP contribution in [-0.2, 0) is 9.63 Å². The Morgan fingerprint density at radius 3 is 2.66 bits per heavy atom. The van der Waals surface area contributed by atoms with E-state index in [0.29, 0.717) is 36.8 Å². The van der Waals surface area contributed by atoms with E-state index in [-0.39, 0.29) is 12.0 Å². The average molecular weight is 437 g/mol. The summed E-state index contributed by atoms with van der Waals surface area (Å²) in [5, 5.41) is 27.8. The SMILES string of the molecule is CC(C)(C)N=C(NC#N)Nc1cccc(/C(=N/OCCCCC(=O)O)c2cccnc2)c1. The lowest BCUT2D eigenvalue weighted by Gasteiger charge is -2.16. The Labute approximate surface area is 187 Å². The monoisotopic (exact) mass is 436 g/mol. The Morgan fingerprint density at radius 2 is 2.00 bits per heavy atom. The molecule has 1 aromatic heterocycles. The first-order valence-electron chi connectivity index (χ1n) is 10.2. The van der Waals surface area contributed by atoms with Crippen LogP contribution in [0.4, 0.5) is 5.69 Å². The molecule has 0 saturated carbocycles. The van der Waals surface area contributed by atoms with E-state index < -0.39 is 5.97 Å². The molecule has 2 rings (SSSR count). The standard InChI is InChI=1S/C23H28N6O3/c1-23(2,3)28-22(26-16-24)27-19-10-6-8-17(14-19)21(18-9-7-12-25-15-18)29-32-13-5-4-11-20(30)31/h6-10,12,14-15H,4-5,11,13H2,1-3H3,(H,30,31)(H2,26,27,28)/b29-21-. The zero-order valence-electron chi connectivity index (χ0n) is 18.5. The van der Waals surface area contributed by atoms with Crippen molar-refractivity contribution in [2.75, 3.05) is 11.9 Å². The number of hydrogen-bond donors (Lipinski definition) is 3. The van der Waals surface area contributed by atoms with Gasteiger partial charge in [0.2, 0.25) is 5.96 Å². The minimum absolute atomic E-state index is 0.103. The molecule has 0 unspecified atom stereocenters. The zero-order valence-corrected chi connectivity index (χ0v) is 18.5. The van der Waals surface area contributed by atoms with Gasteiger partial charge in [-0.3, -0.25) is 15.1 Å². The van der Waals surface area contributed by atoms with Crippen LogP contribution < -0.4 is 10.6 Å². The van der Waals surface area contributed by atoms with Crippen LogP contribution >= 0.6 is 0 Å². The molecule has 168 valence electrons. The number of aliphatic carboxylic acids is 1. The van der Waals surface area contributed by atoms with Gasteiger partial charge in [0.15, 0.2) is 6.19 Å². The summed E-state index contributed by atoms with van der Waals surface area (Å²) in [7, 11) is 0. The molecule has 32 heavy (non-hydrogen) atoms. The van der Waals surface area contributed by atoms with Gasteiger partial charge in [-0.25, -0.2) is 4.99 Å². The quantitative estimate of drug-likeness (QED) is 0.136. The van der Waals surface area contributed by atoms with E-state index in [4.69, 9.17) is 15.2 Å². The number of nitriles is 1. The van der Waals surface area contributed by atoms with E-state index in [1.165, 1.54) is 0 Å². The minimum Gasteiger partial charge on any atom is -0.481 e. The van der Waals surface area contributed by atoms with Crippen molar-refractivity contribution in [1.29, 1.82) is 5.26 Å². The van der Waals surface area contributed by atoms with Crippen LogP contribution in [0.2, 0.25) is 0 Å². The maximum atomic E-state index is 10.6. The number of oxime groups is 1. The number of aliphatic imine (C=N–C) groups is 1. The highest BCUT2D eigenvalue weighted by Gasteiger charge is 2.13. The van der Waals surface area contributed by atoms with Gasteiger partial charge >= 0.3 is 5.97 Å². The lowest BCUT2D eigenvalue weighted by Crippen LogP contribution is -2.30. The van der Waals surface area contributed by atoms with Gasteiger partial charge in [-0.05, 0) is 57.9 Å². The molecule has 9 nitrogen and oxygen atoms in total. The number of carbonyl (C=O) groups is 1. The van der Waals surface area contributed by atoms with Crippen LogP contribution in [0.15, 0.2) is 58.9 Å². The number of benzene rings is 1. The second-order valence-corrected chi connectivity index (χ2v) is 7.94. The largest absolute Gasteiger partial charge is 0.481 e. The Hall–Kier alpha value is -3.93. The summed E-state index contributed by atoms with van der Waals surface area (Å²) in [5.41, 5.74) is 2.48. The molecule has 0 saturated heterocycles. The third kappa shape index (κ3) is 8.83. The summed E-state index contributed by atoms with van der Waals surface area (Å²) in [4.78, 5) is 24.7. The van der Waals surface area contributed by atoms with Crippen molar-refractivity contribution in [1.82, 2.24) is 10.3 Å². The summed E-state index contributed by atoms with van der Waals surface area (Å²) in [6, 6.07) is 11.2. The highest BCUT2D eigenvalue weighted by Crippen LogP contribution is 2.17. The molecular formula is C23H28N6O3. The normalized spacial score (nSPS) is 12.1. The first-order chi connectivity index (χ1) is 15.3. The summed E-state index contributed by atoms with van der Waals surface area (Å²) in [5.74, 6) is -0.485. The number of pyridine rings is 1. The van der Waals surface area contributed by atoms with E-state index in [1.54, 1.807) is 12.4 Å². The highest BCUT2D eigenvalue weighted by molar-refractivity contribution is 6.13. The van der Waals surface area contributed by atoms with Crippen molar-refractivity contribution in [2.24, 2.45) is 10.1 Å². The number of hydrogen-bond acceptors (Lipinski definition) is 6. The fourth-order valence-electron chi connectivity index (χ4n) is 2.68. The fraction of sp³-hybridized carbons (Fsp3) is 0.348. The van der Waals surface area contributed by atoms with E-state index >= 15 is 0 Å². The van der Waals surface area contributed by atoms with Gasteiger partial charge in [-0.15, -0.1) is 0 Å². The molecule has 0 spiro atoms. The molecule has 0 radical (unpaired) electrons. The molecular weight excluding hydrogens is 408 g/mol. The van der Waals surface area contributed by atoms with Crippen LogP contribution in [0.3, 0.4) is 0 Å². The number of carboxylic acid groups (broad SMARTS) is 1. The third-order valence-electron chi connectivity index (χ3n) is 3.99. The molecule has 1 heterocycles. The van der Waals surface area contributed by atoms with Crippen LogP contribution in [0.1, 0.15) is 51.2 Å².